The molecule has 0 unspecified atom stereocenters. The van der Waals surface area contributed by atoms with E-state index in [1.807, 2.05) is 30.9 Å². The highest BCUT2D eigenvalue weighted by Gasteiger charge is 2.29. The highest BCUT2D eigenvalue weighted by Crippen LogP contribution is 2.28. The third-order valence-corrected chi connectivity index (χ3v) is 4.37. The summed E-state index contributed by atoms with van der Waals surface area (Å²) in [4.78, 5) is 18.6. The molecule has 0 bridgehead atoms. The monoisotopic (exact) mass is 333 g/mol. The van der Waals surface area contributed by atoms with Crippen LogP contribution in [0.1, 0.15) is 38.5 Å². The molecule has 0 aliphatic carbocycles. The van der Waals surface area contributed by atoms with E-state index in [0.29, 0.717) is 23.3 Å². The van der Waals surface area contributed by atoms with Crippen LogP contribution in [0.25, 0.3) is 11.4 Å². The van der Waals surface area contributed by atoms with E-state index < -0.39 is 0 Å². The zero-order valence-corrected chi connectivity index (χ0v) is 14.1. The smallest absolute Gasteiger partial charge is 0.231 e. The minimum Gasteiger partial charge on any atom is -0.342 e. The van der Waals surface area contributed by atoms with Gasteiger partial charge in [0.05, 0.1) is 5.92 Å². The summed E-state index contributed by atoms with van der Waals surface area (Å²) in [6.07, 6.45) is 1.92. The maximum Gasteiger partial charge on any atom is 0.231 e. The van der Waals surface area contributed by atoms with E-state index in [9.17, 15) is 4.79 Å². The van der Waals surface area contributed by atoms with Gasteiger partial charge in [0.1, 0.15) is 0 Å². The number of carbonyl (C=O) groups excluding carboxylic acids is 1. The van der Waals surface area contributed by atoms with Gasteiger partial charge >= 0.3 is 0 Å². The van der Waals surface area contributed by atoms with Crippen LogP contribution in [0, 0.1) is 5.92 Å². The van der Waals surface area contributed by atoms with Gasteiger partial charge in [0.15, 0.2) is 0 Å². The summed E-state index contributed by atoms with van der Waals surface area (Å²) in [6.45, 7) is 5.32. The van der Waals surface area contributed by atoms with Crippen LogP contribution in [0.4, 0.5) is 0 Å². The maximum atomic E-state index is 12.2. The lowest BCUT2D eigenvalue weighted by molar-refractivity contribution is -0.135. The molecule has 1 aliphatic rings. The van der Waals surface area contributed by atoms with Crippen molar-refractivity contribution >= 4 is 17.5 Å². The third-order valence-electron chi connectivity index (χ3n) is 4.12. The Bertz CT molecular complexity index is 681. The van der Waals surface area contributed by atoms with Crippen molar-refractivity contribution in [2.24, 2.45) is 5.92 Å². The van der Waals surface area contributed by atoms with Crippen molar-refractivity contribution in [3.63, 3.8) is 0 Å². The first-order valence-electron chi connectivity index (χ1n) is 7.93. The summed E-state index contributed by atoms with van der Waals surface area (Å²) < 4.78 is 5.45. The van der Waals surface area contributed by atoms with Crippen LogP contribution in [0.2, 0.25) is 5.02 Å². The number of carbonyl (C=O) groups is 1. The van der Waals surface area contributed by atoms with Gasteiger partial charge in [-0.25, -0.2) is 0 Å². The first-order valence-corrected chi connectivity index (χ1v) is 8.30. The number of benzene rings is 1. The lowest BCUT2D eigenvalue weighted by atomic mass is 9.97. The molecule has 5 nitrogen and oxygen atoms in total. The summed E-state index contributed by atoms with van der Waals surface area (Å²) in [5.74, 6) is 1.48. The number of nitrogens with zero attached hydrogens (tertiary/aromatic N) is 3. The van der Waals surface area contributed by atoms with E-state index >= 15 is 0 Å². The number of hydrogen-bond acceptors (Lipinski definition) is 4. The van der Waals surface area contributed by atoms with Gasteiger partial charge < -0.3 is 9.42 Å². The summed E-state index contributed by atoms with van der Waals surface area (Å²) in [6, 6.07) is 7.34. The molecule has 0 spiro atoms. The Hall–Kier alpha value is -1.88. The van der Waals surface area contributed by atoms with E-state index in [0.717, 1.165) is 24.9 Å². The van der Waals surface area contributed by atoms with Gasteiger partial charge in [-0.05, 0) is 37.1 Å². The molecule has 1 aromatic carbocycles. The fourth-order valence-corrected chi connectivity index (χ4v) is 2.99. The van der Waals surface area contributed by atoms with Crippen molar-refractivity contribution < 1.29 is 9.32 Å². The molecule has 23 heavy (non-hydrogen) atoms. The van der Waals surface area contributed by atoms with Gasteiger partial charge in [-0.3, -0.25) is 4.79 Å². The van der Waals surface area contributed by atoms with Gasteiger partial charge in [-0.1, -0.05) is 30.6 Å². The van der Waals surface area contributed by atoms with Gasteiger partial charge in [-0.2, -0.15) is 4.98 Å². The predicted octanol–water partition coefficient (Wildman–Crippen LogP) is 3.75. The highest BCUT2D eigenvalue weighted by molar-refractivity contribution is 6.30. The number of halogens is 1. The zero-order valence-electron chi connectivity index (χ0n) is 13.3. The predicted molar refractivity (Wildman–Crippen MR) is 88.1 cm³/mol. The second-order valence-electron chi connectivity index (χ2n) is 6.24. The molecule has 122 valence electrons. The van der Waals surface area contributed by atoms with Crippen LogP contribution in [0.5, 0.6) is 0 Å². The van der Waals surface area contributed by atoms with E-state index in [4.69, 9.17) is 16.1 Å². The van der Waals surface area contributed by atoms with Gasteiger partial charge in [0, 0.05) is 29.6 Å². The molecule has 1 atom stereocenters. The minimum absolute atomic E-state index is 0.0149. The second-order valence-corrected chi connectivity index (χ2v) is 6.68. The second kappa shape index (κ2) is 6.71. The highest BCUT2D eigenvalue weighted by atomic mass is 35.5. The molecule has 2 aromatic rings. The third kappa shape index (κ3) is 3.55. The van der Waals surface area contributed by atoms with Crippen molar-refractivity contribution in [1.82, 2.24) is 15.0 Å². The van der Waals surface area contributed by atoms with Crippen LogP contribution >= 0.6 is 11.6 Å². The van der Waals surface area contributed by atoms with Crippen molar-refractivity contribution in [2.75, 3.05) is 13.1 Å². The number of amides is 1. The topological polar surface area (TPSA) is 59.2 Å². The average Bonchev–Trinajstić information content (AvgIpc) is 3.05. The number of likely N-dealkylation sites (tertiary alicyclic amines) is 1. The molecule has 3 rings (SSSR count). The average molecular weight is 334 g/mol. The SMILES string of the molecule is CC(C)C(=O)N1CCC[C@H](c2nc(-c3ccc(Cl)cc3)no2)C1. The Morgan fingerprint density at radius 3 is 2.78 bits per heavy atom. The van der Waals surface area contributed by atoms with Crippen molar-refractivity contribution in [3.05, 3.63) is 35.2 Å². The molecule has 1 aromatic heterocycles. The van der Waals surface area contributed by atoms with Crippen LogP contribution < -0.4 is 0 Å². The zero-order chi connectivity index (χ0) is 16.4. The minimum atomic E-state index is 0.0149. The summed E-state index contributed by atoms with van der Waals surface area (Å²) in [5.41, 5.74) is 0.871. The fraction of sp³-hybridized carbons (Fsp3) is 0.471. The maximum absolute atomic E-state index is 12.2. The lowest BCUT2D eigenvalue weighted by Crippen LogP contribution is -2.41. The fourth-order valence-electron chi connectivity index (χ4n) is 2.86. The Morgan fingerprint density at radius 2 is 2.09 bits per heavy atom. The molecule has 1 saturated heterocycles. The van der Waals surface area contributed by atoms with Crippen LogP contribution in [0.3, 0.4) is 0 Å². The Morgan fingerprint density at radius 1 is 1.35 bits per heavy atom. The van der Waals surface area contributed by atoms with Crippen LogP contribution in [0.15, 0.2) is 28.8 Å². The number of piperidine rings is 1. The summed E-state index contributed by atoms with van der Waals surface area (Å²) in [5, 5.41) is 4.74. The van der Waals surface area contributed by atoms with Crippen LogP contribution in [-0.2, 0) is 4.79 Å². The molecule has 0 saturated carbocycles. The van der Waals surface area contributed by atoms with Gasteiger partial charge in [0.2, 0.25) is 17.6 Å². The quantitative estimate of drug-likeness (QED) is 0.858. The van der Waals surface area contributed by atoms with Crippen molar-refractivity contribution in [2.45, 2.75) is 32.6 Å². The van der Waals surface area contributed by atoms with E-state index in [1.165, 1.54) is 0 Å². The standard InChI is InChI=1S/C17H20ClN3O2/c1-11(2)17(22)21-9-3-4-13(10-21)16-19-15(20-23-16)12-5-7-14(18)8-6-12/h5-8,11,13H,3-4,9-10H2,1-2H3/t13-/m0/s1. The Kier molecular flexibility index (Phi) is 4.66. The van der Waals surface area contributed by atoms with E-state index in [-0.39, 0.29) is 17.7 Å². The molecule has 1 amide bonds. The number of hydrogen-bond donors (Lipinski definition) is 0. The molecular weight excluding hydrogens is 314 g/mol. The molecule has 2 heterocycles. The van der Waals surface area contributed by atoms with Crippen molar-refractivity contribution in [3.8, 4) is 11.4 Å². The molecule has 1 fully saturated rings. The Labute approximate surface area is 140 Å². The normalized spacial score (nSPS) is 18.4. The van der Waals surface area contributed by atoms with Gasteiger partial charge in [-0.15, -0.1) is 0 Å². The Balaban J connectivity index is 1.74. The molecular formula is C17H20ClN3O2. The van der Waals surface area contributed by atoms with Crippen LogP contribution in [-0.4, -0.2) is 34.0 Å². The summed E-state index contributed by atoms with van der Waals surface area (Å²) >= 11 is 5.90. The van der Waals surface area contributed by atoms with Gasteiger partial charge in [0.25, 0.3) is 0 Å². The molecule has 1 aliphatic heterocycles. The van der Waals surface area contributed by atoms with Crippen molar-refractivity contribution in [1.29, 1.82) is 0 Å². The van der Waals surface area contributed by atoms with E-state index in [2.05, 4.69) is 10.1 Å². The molecule has 6 heteroatoms. The largest absolute Gasteiger partial charge is 0.342 e. The van der Waals surface area contributed by atoms with E-state index in [1.54, 1.807) is 12.1 Å². The molecule has 0 radical (unpaired) electrons. The summed E-state index contributed by atoms with van der Waals surface area (Å²) in [7, 11) is 0. The number of aromatic nitrogens is 2. The molecule has 0 N–H and O–H groups in total. The first-order chi connectivity index (χ1) is 11.0. The first kappa shape index (κ1) is 16.0. The lowest BCUT2D eigenvalue weighted by Gasteiger charge is -2.32. The number of rotatable bonds is 3.